The van der Waals surface area contributed by atoms with Gasteiger partial charge in [0, 0.05) is 17.1 Å². The number of benzene rings is 1. The molecule has 2 fully saturated rings. The van der Waals surface area contributed by atoms with Crippen molar-refractivity contribution in [2.45, 2.75) is 36.8 Å². The predicted molar refractivity (Wildman–Crippen MR) is 65.3 cm³/mol. The zero-order chi connectivity index (χ0) is 12.0. The molecule has 2 N–H and O–H groups in total. The summed E-state index contributed by atoms with van der Waals surface area (Å²) in [7, 11) is 0. The summed E-state index contributed by atoms with van der Waals surface area (Å²) in [4.78, 5) is 11.7. The average molecular weight is 252 g/mol. The lowest BCUT2D eigenvalue weighted by molar-refractivity contribution is -0.144. The Labute approximate surface area is 105 Å². The van der Waals surface area contributed by atoms with Gasteiger partial charge in [-0.25, -0.2) is 0 Å². The highest BCUT2D eigenvalue weighted by Gasteiger charge is 2.56. The van der Waals surface area contributed by atoms with Gasteiger partial charge < -0.3 is 10.4 Å². The maximum Gasteiger partial charge on any atom is 0.315 e. The summed E-state index contributed by atoms with van der Waals surface area (Å²) in [6.45, 7) is 0. The van der Waals surface area contributed by atoms with Gasteiger partial charge in [0.15, 0.2) is 0 Å². The van der Waals surface area contributed by atoms with E-state index in [4.69, 9.17) is 11.6 Å². The topological polar surface area (TPSA) is 49.3 Å². The standard InChI is InChI=1S/C13H14ClNO2/c14-9-3-1-2-8(6-9)13(12(16)17)7-10-4-5-11(13)15-10/h1-3,6,10-11,15H,4-5,7H2,(H,16,17). The van der Waals surface area contributed by atoms with Crippen molar-refractivity contribution in [1.82, 2.24) is 5.32 Å². The molecule has 2 saturated heterocycles. The monoisotopic (exact) mass is 251 g/mol. The highest BCUT2D eigenvalue weighted by atomic mass is 35.5. The van der Waals surface area contributed by atoms with Crippen LogP contribution in [-0.4, -0.2) is 23.2 Å². The normalized spacial score (nSPS) is 35.1. The van der Waals surface area contributed by atoms with Gasteiger partial charge >= 0.3 is 5.97 Å². The molecule has 3 rings (SSSR count). The molecule has 0 aromatic heterocycles. The molecule has 4 heteroatoms. The second-order valence-electron chi connectivity index (χ2n) is 4.98. The maximum absolute atomic E-state index is 11.7. The minimum Gasteiger partial charge on any atom is -0.481 e. The van der Waals surface area contributed by atoms with Gasteiger partial charge in [-0.3, -0.25) is 4.79 Å². The summed E-state index contributed by atoms with van der Waals surface area (Å²) >= 11 is 5.98. The third kappa shape index (κ3) is 1.49. The molecule has 3 atom stereocenters. The van der Waals surface area contributed by atoms with Gasteiger partial charge in [-0.15, -0.1) is 0 Å². The van der Waals surface area contributed by atoms with Crippen LogP contribution in [0.1, 0.15) is 24.8 Å². The molecule has 3 nitrogen and oxygen atoms in total. The van der Waals surface area contributed by atoms with Crippen LogP contribution in [0.5, 0.6) is 0 Å². The summed E-state index contributed by atoms with van der Waals surface area (Å²) in [5.74, 6) is -0.737. The Morgan fingerprint density at radius 1 is 1.47 bits per heavy atom. The van der Waals surface area contributed by atoms with Crippen molar-refractivity contribution in [3.05, 3.63) is 34.9 Å². The summed E-state index contributed by atoms with van der Waals surface area (Å²) in [5.41, 5.74) is 0.0468. The Morgan fingerprint density at radius 3 is 2.82 bits per heavy atom. The van der Waals surface area contributed by atoms with E-state index in [2.05, 4.69) is 5.32 Å². The number of fused-ring (bicyclic) bond motifs is 2. The number of hydrogen-bond donors (Lipinski definition) is 2. The third-order valence-corrected chi connectivity index (χ3v) is 4.36. The van der Waals surface area contributed by atoms with Crippen LogP contribution < -0.4 is 5.32 Å². The van der Waals surface area contributed by atoms with Crippen LogP contribution in [0.15, 0.2) is 24.3 Å². The lowest BCUT2D eigenvalue weighted by Crippen LogP contribution is -2.46. The third-order valence-electron chi connectivity index (χ3n) is 4.13. The van der Waals surface area contributed by atoms with E-state index in [1.165, 1.54) is 0 Å². The van der Waals surface area contributed by atoms with Crippen LogP contribution in [0.3, 0.4) is 0 Å². The average Bonchev–Trinajstić information content (AvgIpc) is 2.89. The molecule has 2 aliphatic heterocycles. The number of aliphatic carboxylic acids is 1. The first-order chi connectivity index (χ1) is 8.13. The van der Waals surface area contributed by atoms with Gasteiger partial charge in [-0.05, 0) is 37.0 Å². The second kappa shape index (κ2) is 3.72. The van der Waals surface area contributed by atoms with Crippen molar-refractivity contribution < 1.29 is 9.90 Å². The fourth-order valence-electron chi connectivity index (χ4n) is 3.34. The molecular weight excluding hydrogens is 238 g/mol. The van der Waals surface area contributed by atoms with Gasteiger partial charge in [0.1, 0.15) is 5.41 Å². The number of carboxylic acids is 1. The van der Waals surface area contributed by atoms with Crippen LogP contribution in [0, 0.1) is 0 Å². The number of carboxylic acid groups (broad SMARTS) is 1. The van der Waals surface area contributed by atoms with Crippen LogP contribution >= 0.6 is 11.6 Å². The summed E-state index contributed by atoms with van der Waals surface area (Å²) in [6, 6.07) is 7.66. The van der Waals surface area contributed by atoms with Gasteiger partial charge in [0.25, 0.3) is 0 Å². The van der Waals surface area contributed by atoms with Crippen LogP contribution in [0.4, 0.5) is 0 Å². The Hall–Kier alpha value is -1.06. The molecule has 90 valence electrons. The molecule has 3 unspecified atom stereocenters. The predicted octanol–water partition coefficient (Wildman–Crippen LogP) is 2.19. The first-order valence-corrected chi connectivity index (χ1v) is 6.26. The minimum absolute atomic E-state index is 0.0449. The summed E-state index contributed by atoms with van der Waals surface area (Å²) < 4.78 is 0. The summed E-state index contributed by atoms with van der Waals surface area (Å²) in [5, 5.41) is 13.6. The van der Waals surface area contributed by atoms with Crippen molar-refractivity contribution in [3.8, 4) is 0 Å². The molecule has 0 aliphatic carbocycles. The minimum atomic E-state index is -0.784. The second-order valence-corrected chi connectivity index (χ2v) is 5.42. The SMILES string of the molecule is O=C(O)C1(c2cccc(Cl)c2)CC2CCC1N2. The highest BCUT2D eigenvalue weighted by molar-refractivity contribution is 6.30. The zero-order valence-electron chi connectivity index (χ0n) is 9.32. The fraction of sp³-hybridized carbons (Fsp3) is 0.462. The first-order valence-electron chi connectivity index (χ1n) is 5.88. The molecule has 0 spiro atoms. The molecule has 17 heavy (non-hydrogen) atoms. The van der Waals surface area contributed by atoms with E-state index < -0.39 is 11.4 Å². The Balaban J connectivity index is 2.10. The number of rotatable bonds is 2. The number of carbonyl (C=O) groups is 1. The molecule has 1 aromatic carbocycles. The van der Waals surface area contributed by atoms with Crippen molar-refractivity contribution >= 4 is 17.6 Å². The Kier molecular flexibility index (Phi) is 2.42. The van der Waals surface area contributed by atoms with Gasteiger partial charge in [-0.1, -0.05) is 23.7 Å². The molecule has 2 bridgehead atoms. The first kappa shape index (κ1) is 11.1. The van der Waals surface area contributed by atoms with Crippen LogP contribution in [-0.2, 0) is 10.2 Å². The lowest BCUT2D eigenvalue weighted by Gasteiger charge is -2.32. The van der Waals surface area contributed by atoms with Crippen molar-refractivity contribution in [3.63, 3.8) is 0 Å². The molecule has 0 amide bonds. The number of hydrogen-bond acceptors (Lipinski definition) is 2. The molecule has 0 saturated carbocycles. The van der Waals surface area contributed by atoms with E-state index in [0.29, 0.717) is 17.5 Å². The van der Waals surface area contributed by atoms with Gasteiger partial charge in [-0.2, -0.15) is 0 Å². The van der Waals surface area contributed by atoms with Crippen molar-refractivity contribution in [2.24, 2.45) is 0 Å². The molecule has 2 aliphatic rings. The summed E-state index contributed by atoms with van der Waals surface area (Å²) in [6.07, 6.45) is 2.69. The Morgan fingerprint density at radius 2 is 2.29 bits per heavy atom. The number of halogens is 1. The Bertz CT molecular complexity index is 476. The fourth-order valence-corrected chi connectivity index (χ4v) is 3.53. The maximum atomic E-state index is 11.7. The highest BCUT2D eigenvalue weighted by Crippen LogP contribution is 2.46. The van der Waals surface area contributed by atoms with E-state index >= 15 is 0 Å². The lowest BCUT2D eigenvalue weighted by atomic mass is 9.69. The van der Waals surface area contributed by atoms with Crippen molar-refractivity contribution in [2.75, 3.05) is 0 Å². The quantitative estimate of drug-likeness (QED) is 0.847. The van der Waals surface area contributed by atoms with Gasteiger partial charge in [0.2, 0.25) is 0 Å². The van der Waals surface area contributed by atoms with E-state index in [9.17, 15) is 9.90 Å². The largest absolute Gasteiger partial charge is 0.481 e. The van der Waals surface area contributed by atoms with Crippen molar-refractivity contribution in [1.29, 1.82) is 0 Å². The smallest absolute Gasteiger partial charge is 0.315 e. The van der Waals surface area contributed by atoms with E-state index in [0.717, 1.165) is 18.4 Å². The molecular formula is C13H14ClNO2. The van der Waals surface area contributed by atoms with E-state index in [1.54, 1.807) is 12.1 Å². The van der Waals surface area contributed by atoms with Crippen LogP contribution in [0.2, 0.25) is 5.02 Å². The van der Waals surface area contributed by atoms with Crippen LogP contribution in [0.25, 0.3) is 0 Å². The number of nitrogens with one attached hydrogen (secondary N) is 1. The van der Waals surface area contributed by atoms with E-state index in [-0.39, 0.29) is 6.04 Å². The zero-order valence-corrected chi connectivity index (χ0v) is 10.1. The van der Waals surface area contributed by atoms with Gasteiger partial charge in [0.05, 0.1) is 0 Å². The van der Waals surface area contributed by atoms with E-state index in [1.807, 2.05) is 12.1 Å². The molecule has 2 heterocycles. The molecule has 0 radical (unpaired) electrons. The molecule has 1 aromatic rings.